The Morgan fingerprint density at radius 1 is 1.29 bits per heavy atom. The molecule has 1 heterocycles. The van der Waals surface area contributed by atoms with Gasteiger partial charge in [0.05, 0.1) is 13.2 Å². The minimum Gasteiger partial charge on any atom is -0.379 e. The first-order chi connectivity index (χ1) is 8.03. The molecule has 1 fully saturated rings. The van der Waals surface area contributed by atoms with E-state index in [1.165, 1.54) is 11.3 Å². The molecule has 2 N–H and O–H groups in total. The van der Waals surface area contributed by atoms with E-state index >= 15 is 0 Å². The van der Waals surface area contributed by atoms with Crippen molar-refractivity contribution in [1.82, 2.24) is 0 Å². The van der Waals surface area contributed by atoms with Crippen molar-refractivity contribution in [3.05, 3.63) is 29.8 Å². The first kappa shape index (κ1) is 12.4. The molecule has 0 saturated carbocycles. The summed E-state index contributed by atoms with van der Waals surface area (Å²) in [6, 6.07) is 8.96. The Labute approximate surface area is 104 Å². The predicted octanol–water partition coefficient (Wildman–Crippen LogP) is 1.76. The number of benzene rings is 1. The van der Waals surface area contributed by atoms with E-state index in [-0.39, 0.29) is 11.5 Å². The molecule has 1 atom stereocenters. The number of hydrogen-bond acceptors (Lipinski definition) is 3. The van der Waals surface area contributed by atoms with Gasteiger partial charge in [0.25, 0.3) is 0 Å². The van der Waals surface area contributed by atoms with Gasteiger partial charge in [-0.25, -0.2) is 0 Å². The van der Waals surface area contributed by atoms with Crippen LogP contribution in [-0.4, -0.2) is 33.4 Å². The molecule has 2 rings (SSSR count). The number of ether oxygens (including phenoxy) is 1. The van der Waals surface area contributed by atoms with Crippen molar-refractivity contribution in [2.45, 2.75) is 24.8 Å². The maximum Gasteiger partial charge on any atom is 0.0586 e. The summed E-state index contributed by atoms with van der Waals surface area (Å²) in [6.45, 7) is 3.67. The minimum absolute atomic E-state index is 0.152. The van der Waals surface area contributed by atoms with Gasteiger partial charge in [-0.2, -0.15) is 0 Å². The van der Waals surface area contributed by atoms with E-state index in [1.807, 2.05) is 0 Å². The lowest BCUT2D eigenvalue weighted by molar-refractivity contribution is -0.0665. The molecule has 1 aromatic rings. The molecule has 0 aliphatic carbocycles. The van der Waals surface area contributed by atoms with E-state index in [0.717, 1.165) is 19.6 Å². The molecule has 0 spiro atoms. The standard InChI is InChI=1S/C14H22N2O/c1-11(15)8-14(9-17-10-14)12-4-6-13(7-5-12)16(2)3/h4-7,11H,8-10,15H2,1-3H3. The van der Waals surface area contributed by atoms with Gasteiger partial charge in [-0.15, -0.1) is 0 Å². The first-order valence-corrected chi connectivity index (χ1v) is 6.15. The van der Waals surface area contributed by atoms with Gasteiger partial charge >= 0.3 is 0 Å². The number of rotatable bonds is 4. The number of anilines is 1. The largest absolute Gasteiger partial charge is 0.379 e. The summed E-state index contributed by atoms with van der Waals surface area (Å²) in [5.74, 6) is 0. The van der Waals surface area contributed by atoms with E-state index in [2.05, 4.69) is 50.2 Å². The average molecular weight is 234 g/mol. The van der Waals surface area contributed by atoms with Crippen LogP contribution in [0.5, 0.6) is 0 Å². The van der Waals surface area contributed by atoms with Crippen LogP contribution in [0, 0.1) is 0 Å². The van der Waals surface area contributed by atoms with Gasteiger partial charge in [0.1, 0.15) is 0 Å². The van der Waals surface area contributed by atoms with Crippen LogP contribution in [0.25, 0.3) is 0 Å². The molecule has 0 amide bonds. The van der Waals surface area contributed by atoms with Gasteiger partial charge < -0.3 is 15.4 Å². The quantitative estimate of drug-likeness (QED) is 0.862. The molecular weight excluding hydrogens is 212 g/mol. The van der Waals surface area contributed by atoms with Crippen molar-refractivity contribution in [3.8, 4) is 0 Å². The van der Waals surface area contributed by atoms with Gasteiger partial charge in [-0.05, 0) is 31.0 Å². The Morgan fingerprint density at radius 2 is 1.88 bits per heavy atom. The summed E-state index contributed by atoms with van der Waals surface area (Å²) in [5, 5.41) is 0. The summed E-state index contributed by atoms with van der Waals surface area (Å²) in [5.41, 5.74) is 8.67. The highest BCUT2D eigenvalue weighted by atomic mass is 16.5. The summed E-state index contributed by atoms with van der Waals surface area (Å²) in [6.07, 6.45) is 0.994. The maximum atomic E-state index is 5.94. The summed E-state index contributed by atoms with van der Waals surface area (Å²) < 4.78 is 5.41. The number of nitrogens with zero attached hydrogens (tertiary/aromatic N) is 1. The first-order valence-electron chi connectivity index (χ1n) is 6.15. The summed E-state index contributed by atoms with van der Waals surface area (Å²) >= 11 is 0. The molecule has 1 aromatic carbocycles. The highest BCUT2D eigenvalue weighted by Crippen LogP contribution is 2.37. The normalized spacial score (nSPS) is 19.5. The number of hydrogen-bond donors (Lipinski definition) is 1. The zero-order valence-corrected chi connectivity index (χ0v) is 10.9. The SMILES string of the molecule is CC(N)CC1(c2ccc(N(C)C)cc2)COC1. The van der Waals surface area contributed by atoms with Crippen molar-refractivity contribution in [3.63, 3.8) is 0 Å². The molecule has 3 heteroatoms. The molecule has 1 aliphatic heterocycles. The highest BCUT2D eigenvalue weighted by molar-refractivity contribution is 5.47. The molecule has 0 radical (unpaired) electrons. The van der Waals surface area contributed by atoms with Crippen LogP contribution in [0.3, 0.4) is 0 Å². The number of nitrogens with two attached hydrogens (primary N) is 1. The van der Waals surface area contributed by atoms with Gasteiger partial charge in [0.15, 0.2) is 0 Å². The van der Waals surface area contributed by atoms with Gasteiger partial charge in [-0.3, -0.25) is 0 Å². The Bertz CT molecular complexity index is 366. The molecular formula is C14H22N2O. The van der Waals surface area contributed by atoms with Crippen LogP contribution in [0.4, 0.5) is 5.69 Å². The fourth-order valence-electron chi connectivity index (χ4n) is 2.48. The molecule has 1 saturated heterocycles. The van der Waals surface area contributed by atoms with Crippen molar-refractivity contribution >= 4 is 5.69 Å². The lowest BCUT2D eigenvalue weighted by atomic mass is 9.74. The molecule has 0 aromatic heterocycles. The van der Waals surface area contributed by atoms with Gasteiger partial charge in [-0.1, -0.05) is 12.1 Å². The smallest absolute Gasteiger partial charge is 0.0586 e. The summed E-state index contributed by atoms with van der Waals surface area (Å²) in [7, 11) is 4.11. The van der Waals surface area contributed by atoms with E-state index in [0.29, 0.717) is 0 Å². The second kappa shape index (κ2) is 4.67. The van der Waals surface area contributed by atoms with Crippen molar-refractivity contribution in [1.29, 1.82) is 0 Å². The van der Waals surface area contributed by atoms with Gasteiger partial charge in [0, 0.05) is 31.2 Å². The Balaban J connectivity index is 2.20. The second-order valence-corrected chi connectivity index (χ2v) is 5.40. The van der Waals surface area contributed by atoms with E-state index in [1.54, 1.807) is 0 Å². The summed E-state index contributed by atoms with van der Waals surface area (Å²) in [4.78, 5) is 2.11. The van der Waals surface area contributed by atoms with Gasteiger partial charge in [0.2, 0.25) is 0 Å². The second-order valence-electron chi connectivity index (χ2n) is 5.40. The fraction of sp³-hybridized carbons (Fsp3) is 0.571. The predicted molar refractivity (Wildman–Crippen MR) is 71.5 cm³/mol. The Hall–Kier alpha value is -1.06. The van der Waals surface area contributed by atoms with Crippen LogP contribution in [0.15, 0.2) is 24.3 Å². The highest BCUT2D eigenvalue weighted by Gasteiger charge is 2.40. The van der Waals surface area contributed by atoms with E-state index < -0.39 is 0 Å². The Morgan fingerprint density at radius 3 is 2.24 bits per heavy atom. The van der Waals surface area contributed by atoms with E-state index in [9.17, 15) is 0 Å². The van der Waals surface area contributed by atoms with E-state index in [4.69, 9.17) is 10.5 Å². The monoisotopic (exact) mass is 234 g/mol. The third-order valence-electron chi connectivity index (χ3n) is 3.47. The molecule has 17 heavy (non-hydrogen) atoms. The van der Waals surface area contributed by atoms with Crippen molar-refractivity contribution in [2.75, 3.05) is 32.2 Å². The van der Waals surface area contributed by atoms with Crippen molar-refractivity contribution in [2.24, 2.45) is 5.73 Å². The van der Waals surface area contributed by atoms with Crippen LogP contribution < -0.4 is 10.6 Å². The van der Waals surface area contributed by atoms with Crippen LogP contribution in [0.1, 0.15) is 18.9 Å². The third-order valence-corrected chi connectivity index (χ3v) is 3.47. The zero-order valence-electron chi connectivity index (χ0n) is 10.9. The topological polar surface area (TPSA) is 38.5 Å². The fourth-order valence-corrected chi connectivity index (χ4v) is 2.48. The Kier molecular flexibility index (Phi) is 3.40. The minimum atomic E-state index is 0.152. The lowest BCUT2D eigenvalue weighted by Gasteiger charge is -2.43. The molecule has 0 bridgehead atoms. The van der Waals surface area contributed by atoms with Crippen LogP contribution in [-0.2, 0) is 10.2 Å². The maximum absolute atomic E-state index is 5.94. The molecule has 94 valence electrons. The molecule has 1 aliphatic rings. The molecule has 3 nitrogen and oxygen atoms in total. The molecule has 1 unspecified atom stereocenters. The van der Waals surface area contributed by atoms with Crippen LogP contribution in [0.2, 0.25) is 0 Å². The zero-order chi connectivity index (χ0) is 12.5. The average Bonchev–Trinajstić information content (AvgIpc) is 2.23. The third kappa shape index (κ3) is 2.45. The van der Waals surface area contributed by atoms with Crippen LogP contribution >= 0.6 is 0 Å². The lowest BCUT2D eigenvalue weighted by Crippen LogP contribution is -2.49. The van der Waals surface area contributed by atoms with Crippen molar-refractivity contribution < 1.29 is 4.74 Å².